The van der Waals surface area contributed by atoms with Crippen LogP contribution in [0.2, 0.25) is 0 Å². The van der Waals surface area contributed by atoms with Gasteiger partial charge in [0.25, 0.3) is 0 Å². The van der Waals surface area contributed by atoms with Crippen LogP contribution in [0.3, 0.4) is 0 Å². The van der Waals surface area contributed by atoms with Crippen LogP contribution in [0.4, 0.5) is 11.4 Å². The van der Waals surface area contributed by atoms with Crippen LogP contribution in [-0.4, -0.2) is 8.41 Å². The molecule has 0 fully saturated rings. The third-order valence-electron chi connectivity index (χ3n) is 1.84. The standard InChI is InChI=1S/C12H11N.B/c1-3-7-11(8-4-1)13-12-9-5-2-6-10-12;/h1-10,13H;. The highest BCUT2D eigenvalue weighted by Crippen LogP contribution is 2.14. The minimum absolute atomic E-state index is 0. The van der Waals surface area contributed by atoms with E-state index in [4.69, 9.17) is 0 Å². The maximum absolute atomic E-state index is 3.30. The molecule has 0 heterocycles. The molecule has 0 saturated carbocycles. The van der Waals surface area contributed by atoms with Crippen molar-refractivity contribution >= 4 is 19.8 Å². The Kier molecular flexibility index (Phi) is 3.80. The van der Waals surface area contributed by atoms with Crippen molar-refractivity contribution in [3.63, 3.8) is 0 Å². The molecule has 2 aromatic rings. The molecule has 0 amide bonds. The summed E-state index contributed by atoms with van der Waals surface area (Å²) >= 11 is 0. The average Bonchev–Trinajstić information content (AvgIpc) is 2.21. The first-order valence-corrected chi connectivity index (χ1v) is 4.32. The normalized spacial score (nSPS) is 8.86. The summed E-state index contributed by atoms with van der Waals surface area (Å²) in [4.78, 5) is 0. The fourth-order valence-electron chi connectivity index (χ4n) is 1.21. The van der Waals surface area contributed by atoms with Gasteiger partial charge in [0.15, 0.2) is 0 Å². The maximum atomic E-state index is 3.30. The van der Waals surface area contributed by atoms with E-state index in [9.17, 15) is 0 Å². The molecule has 1 N–H and O–H groups in total. The predicted molar refractivity (Wildman–Crippen MR) is 61.9 cm³/mol. The number of nitrogens with one attached hydrogen (secondary N) is 1. The summed E-state index contributed by atoms with van der Waals surface area (Å²) in [5.41, 5.74) is 2.24. The van der Waals surface area contributed by atoms with E-state index in [0.29, 0.717) is 0 Å². The summed E-state index contributed by atoms with van der Waals surface area (Å²) in [5.74, 6) is 0. The van der Waals surface area contributed by atoms with Gasteiger partial charge >= 0.3 is 0 Å². The lowest BCUT2D eigenvalue weighted by Gasteiger charge is -2.04. The maximum Gasteiger partial charge on any atom is 0.0384 e. The Bertz CT molecular complexity index is 321. The van der Waals surface area contributed by atoms with Crippen molar-refractivity contribution in [3.8, 4) is 0 Å². The van der Waals surface area contributed by atoms with Gasteiger partial charge in [-0.05, 0) is 24.3 Å². The molecule has 0 unspecified atom stereocenters. The van der Waals surface area contributed by atoms with Crippen LogP contribution in [0.25, 0.3) is 0 Å². The molecular weight excluding hydrogens is 169 g/mol. The highest BCUT2D eigenvalue weighted by molar-refractivity contribution is 5.75. The molecular formula is C12H11BN. The predicted octanol–water partition coefficient (Wildman–Crippen LogP) is 3.05. The Balaban J connectivity index is 0.000000980. The van der Waals surface area contributed by atoms with E-state index in [2.05, 4.69) is 5.32 Å². The Labute approximate surface area is 86.4 Å². The van der Waals surface area contributed by atoms with Gasteiger partial charge in [-0.15, -0.1) is 0 Å². The van der Waals surface area contributed by atoms with Crippen molar-refractivity contribution in [2.75, 3.05) is 5.32 Å². The molecule has 14 heavy (non-hydrogen) atoms. The molecule has 0 atom stereocenters. The van der Waals surface area contributed by atoms with Gasteiger partial charge in [-0.1, -0.05) is 36.4 Å². The number of hydrogen-bond acceptors (Lipinski definition) is 1. The summed E-state index contributed by atoms with van der Waals surface area (Å²) in [6, 6.07) is 20.3. The molecule has 0 saturated heterocycles. The first-order chi connectivity index (χ1) is 6.45. The number of benzene rings is 2. The first kappa shape index (κ1) is 10.4. The van der Waals surface area contributed by atoms with E-state index in [0.717, 1.165) is 11.4 Å². The summed E-state index contributed by atoms with van der Waals surface area (Å²) in [7, 11) is 0. The van der Waals surface area contributed by atoms with E-state index >= 15 is 0 Å². The second-order valence-corrected chi connectivity index (χ2v) is 2.86. The molecule has 0 spiro atoms. The van der Waals surface area contributed by atoms with Gasteiger partial charge in [0.2, 0.25) is 0 Å². The van der Waals surface area contributed by atoms with E-state index in [1.165, 1.54) is 0 Å². The fraction of sp³-hybridized carbons (Fsp3) is 0. The van der Waals surface area contributed by atoms with Crippen molar-refractivity contribution in [1.82, 2.24) is 0 Å². The second-order valence-electron chi connectivity index (χ2n) is 2.86. The third kappa shape index (κ3) is 2.66. The monoisotopic (exact) mass is 180 g/mol. The van der Waals surface area contributed by atoms with Crippen LogP contribution < -0.4 is 5.32 Å². The highest BCUT2D eigenvalue weighted by Gasteiger charge is 1.89. The lowest BCUT2D eigenvalue weighted by Crippen LogP contribution is -1.87. The topological polar surface area (TPSA) is 12.0 Å². The van der Waals surface area contributed by atoms with Gasteiger partial charge in [0.1, 0.15) is 0 Å². The Morgan fingerprint density at radius 3 is 1.29 bits per heavy atom. The smallest absolute Gasteiger partial charge is 0.0384 e. The van der Waals surface area contributed by atoms with E-state index < -0.39 is 0 Å². The zero-order valence-electron chi connectivity index (χ0n) is 7.85. The zero-order valence-corrected chi connectivity index (χ0v) is 7.85. The van der Waals surface area contributed by atoms with Gasteiger partial charge in [-0.3, -0.25) is 0 Å². The van der Waals surface area contributed by atoms with Crippen LogP contribution in [0.5, 0.6) is 0 Å². The van der Waals surface area contributed by atoms with Crippen molar-refractivity contribution in [1.29, 1.82) is 0 Å². The van der Waals surface area contributed by atoms with E-state index in [-0.39, 0.29) is 8.41 Å². The number of hydrogen-bond donors (Lipinski definition) is 1. The van der Waals surface area contributed by atoms with Crippen molar-refractivity contribution in [2.24, 2.45) is 0 Å². The molecule has 3 radical (unpaired) electrons. The molecule has 0 aliphatic heterocycles. The lowest BCUT2D eigenvalue weighted by molar-refractivity contribution is 1.55. The van der Waals surface area contributed by atoms with Crippen LogP contribution in [-0.2, 0) is 0 Å². The highest BCUT2D eigenvalue weighted by atomic mass is 14.9. The average molecular weight is 180 g/mol. The molecule has 0 aliphatic carbocycles. The fourth-order valence-corrected chi connectivity index (χ4v) is 1.21. The Hall–Kier alpha value is -1.70. The second kappa shape index (κ2) is 5.13. The van der Waals surface area contributed by atoms with Crippen LogP contribution in [0.1, 0.15) is 0 Å². The molecule has 1 nitrogen and oxygen atoms in total. The lowest BCUT2D eigenvalue weighted by atomic mass is 10.3. The van der Waals surface area contributed by atoms with Crippen molar-refractivity contribution in [2.45, 2.75) is 0 Å². The minimum Gasteiger partial charge on any atom is -0.356 e. The molecule has 67 valence electrons. The summed E-state index contributed by atoms with van der Waals surface area (Å²) in [5, 5.41) is 3.30. The third-order valence-corrected chi connectivity index (χ3v) is 1.84. The molecule has 2 heteroatoms. The molecule has 0 bridgehead atoms. The molecule has 0 aromatic heterocycles. The number of para-hydroxylation sites is 2. The van der Waals surface area contributed by atoms with Crippen molar-refractivity contribution < 1.29 is 0 Å². The number of anilines is 2. The molecule has 2 rings (SSSR count). The van der Waals surface area contributed by atoms with Gasteiger partial charge in [0.05, 0.1) is 0 Å². The molecule has 2 aromatic carbocycles. The van der Waals surface area contributed by atoms with Crippen LogP contribution in [0, 0.1) is 0 Å². The van der Waals surface area contributed by atoms with E-state index in [1.807, 2.05) is 60.7 Å². The van der Waals surface area contributed by atoms with Crippen LogP contribution in [0.15, 0.2) is 60.7 Å². The summed E-state index contributed by atoms with van der Waals surface area (Å²) < 4.78 is 0. The Morgan fingerprint density at radius 1 is 0.571 bits per heavy atom. The zero-order chi connectivity index (χ0) is 8.93. The van der Waals surface area contributed by atoms with Gasteiger partial charge in [-0.25, -0.2) is 0 Å². The first-order valence-electron chi connectivity index (χ1n) is 4.32. The molecule has 0 aliphatic rings. The van der Waals surface area contributed by atoms with E-state index in [1.54, 1.807) is 0 Å². The van der Waals surface area contributed by atoms with Gasteiger partial charge in [0, 0.05) is 19.8 Å². The quantitative estimate of drug-likeness (QED) is 0.700. The summed E-state index contributed by atoms with van der Waals surface area (Å²) in [6.07, 6.45) is 0. The van der Waals surface area contributed by atoms with Crippen molar-refractivity contribution in [3.05, 3.63) is 60.7 Å². The largest absolute Gasteiger partial charge is 0.356 e. The summed E-state index contributed by atoms with van der Waals surface area (Å²) in [6.45, 7) is 0. The van der Waals surface area contributed by atoms with Crippen LogP contribution >= 0.6 is 0 Å². The minimum atomic E-state index is 0. The van der Waals surface area contributed by atoms with Gasteiger partial charge in [-0.2, -0.15) is 0 Å². The Morgan fingerprint density at radius 2 is 0.929 bits per heavy atom. The SMILES string of the molecule is [B].c1ccc(Nc2ccccc2)cc1. The number of rotatable bonds is 2. The van der Waals surface area contributed by atoms with Gasteiger partial charge < -0.3 is 5.32 Å².